The van der Waals surface area contributed by atoms with E-state index in [2.05, 4.69) is 36.7 Å². The summed E-state index contributed by atoms with van der Waals surface area (Å²) in [4.78, 5) is 0. The highest BCUT2D eigenvalue weighted by atomic mass is 79.9. The monoisotopic (exact) mass is 474 g/mol. The summed E-state index contributed by atoms with van der Waals surface area (Å²) in [5.41, 5.74) is 0. The average molecular weight is 476 g/mol. The first-order chi connectivity index (χ1) is 13.6. The van der Waals surface area contributed by atoms with Gasteiger partial charge >= 0.3 is 8.56 Å². The van der Waals surface area contributed by atoms with Gasteiger partial charge in [0.05, 0.1) is 4.47 Å². The number of hydrogen-bond acceptors (Lipinski definition) is 2. The molecule has 0 aromatic heterocycles. The second-order valence-electron chi connectivity index (χ2n) is 7.68. The van der Waals surface area contributed by atoms with Gasteiger partial charge in [0.1, 0.15) is 11.6 Å². The predicted octanol–water partition coefficient (Wildman–Crippen LogP) is 8.78. The zero-order valence-corrected chi connectivity index (χ0v) is 20.8. The van der Waals surface area contributed by atoms with E-state index in [-0.39, 0.29) is 5.82 Å². The lowest BCUT2D eigenvalue weighted by atomic mass is 10.1. The van der Waals surface area contributed by atoms with Crippen LogP contribution in [-0.4, -0.2) is 15.2 Å². The van der Waals surface area contributed by atoms with Gasteiger partial charge < -0.3 is 8.85 Å². The van der Waals surface area contributed by atoms with Crippen molar-refractivity contribution in [3.8, 4) is 5.75 Å². The van der Waals surface area contributed by atoms with E-state index in [9.17, 15) is 4.39 Å². The zero-order valence-electron chi connectivity index (χ0n) is 18.2. The molecule has 0 N–H and O–H groups in total. The van der Waals surface area contributed by atoms with Crippen LogP contribution in [0.5, 0.6) is 5.75 Å². The van der Waals surface area contributed by atoms with Gasteiger partial charge in [-0.3, -0.25) is 0 Å². The van der Waals surface area contributed by atoms with Gasteiger partial charge in [-0.2, -0.15) is 0 Å². The molecule has 0 spiro atoms. The molecule has 2 nitrogen and oxygen atoms in total. The van der Waals surface area contributed by atoms with Crippen LogP contribution < -0.4 is 4.43 Å². The Balaban J connectivity index is 2.21. The highest BCUT2D eigenvalue weighted by Crippen LogP contribution is 2.31. The van der Waals surface area contributed by atoms with Gasteiger partial charge in [0, 0.05) is 6.61 Å². The minimum absolute atomic E-state index is 0.263. The molecule has 0 aliphatic heterocycles. The van der Waals surface area contributed by atoms with Gasteiger partial charge in [-0.1, -0.05) is 85.0 Å². The Bertz CT molecular complexity index is 523. The molecule has 0 atom stereocenters. The van der Waals surface area contributed by atoms with Gasteiger partial charge in [-0.05, 0) is 52.6 Å². The summed E-state index contributed by atoms with van der Waals surface area (Å²) in [7, 11) is -2.28. The molecule has 0 fully saturated rings. The van der Waals surface area contributed by atoms with Crippen LogP contribution in [0.25, 0.3) is 0 Å². The third-order valence-corrected chi connectivity index (χ3v) is 9.48. The van der Waals surface area contributed by atoms with E-state index in [4.69, 9.17) is 8.85 Å². The second-order valence-corrected chi connectivity index (χ2v) is 12.3. The summed E-state index contributed by atoms with van der Waals surface area (Å²) in [6.45, 7) is 7.30. The fourth-order valence-electron chi connectivity index (χ4n) is 3.41. The van der Waals surface area contributed by atoms with E-state index < -0.39 is 8.56 Å². The number of benzene rings is 1. The molecule has 1 aromatic carbocycles. The molecule has 1 rings (SSSR count). The summed E-state index contributed by atoms with van der Waals surface area (Å²) in [6.07, 6.45) is 14.7. The Morgan fingerprint density at radius 1 is 0.821 bits per heavy atom. The van der Waals surface area contributed by atoms with Crippen LogP contribution in [0.1, 0.15) is 91.4 Å². The number of rotatable bonds is 17. The van der Waals surface area contributed by atoms with Crippen LogP contribution in [0.4, 0.5) is 4.39 Å². The Labute approximate surface area is 182 Å². The minimum atomic E-state index is -2.28. The van der Waals surface area contributed by atoms with E-state index in [1.54, 1.807) is 6.07 Å². The van der Waals surface area contributed by atoms with Crippen LogP contribution in [-0.2, 0) is 4.43 Å². The Hall–Kier alpha value is -0.393. The number of unbranched alkanes of at least 4 members (excludes halogenated alkanes) is 10. The van der Waals surface area contributed by atoms with Crippen molar-refractivity contribution in [1.29, 1.82) is 0 Å². The van der Waals surface area contributed by atoms with E-state index in [0.29, 0.717) is 10.2 Å². The predicted molar refractivity (Wildman–Crippen MR) is 124 cm³/mol. The van der Waals surface area contributed by atoms with Gasteiger partial charge in [0.2, 0.25) is 0 Å². The fraction of sp³-hybridized carbons (Fsp3) is 0.739. The van der Waals surface area contributed by atoms with E-state index in [1.807, 2.05) is 0 Å². The van der Waals surface area contributed by atoms with Crippen LogP contribution in [0.2, 0.25) is 12.1 Å². The molecule has 162 valence electrons. The molecule has 0 saturated heterocycles. The third-order valence-electron chi connectivity index (χ3n) is 5.38. The van der Waals surface area contributed by atoms with Crippen molar-refractivity contribution in [2.45, 2.75) is 103 Å². The van der Waals surface area contributed by atoms with Crippen molar-refractivity contribution < 1.29 is 13.2 Å². The van der Waals surface area contributed by atoms with Crippen molar-refractivity contribution >= 4 is 24.5 Å². The lowest BCUT2D eigenvalue weighted by Gasteiger charge is -2.30. The third kappa shape index (κ3) is 10.4. The zero-order chi connectivity index (χ0) is 20.7. The first kappa shape index (κ1) is 25.6. The van der Waals surface area contributed by atoms with Gasteiger partial charge in [-0.15, -0.1) is 0 Å². The highest BCUT2D eigenvalue weighted by Gasteiger charge is 2.36. The molecule has 0 saturated carbocycles. The Kier molecular flexibility index (Phi) is 14.1. The highest BCUT2D eigenvalue weighted by molar-refractivity contribution is 9.10. The quantitative estimate of drug-likeness (QED) is 0.166. The smallest absolute Gasteiger partial charge is 0.398 e. The van der Waals surface area contributed by atoms with E-state index >= 15 is 0 Å². The first-order valence-electron chi connectivity index (χ1n) is 11.3. The largest absolute Gasteiger partial charge is 0.519 e. The molecule has 0 unspecified atom stereocenters. The number of halogens is 2. The summed E-state index contributed by atoms with van der Waals surface area (Å²) in [5.74, 6) is 0.428. The van der Waals surface area contributed by atoms with Crippen LogP contribution in [0.15, 0.2) is 22.7 Å². The molecule has 28 heavy (non-hydrogen) atoms. The lowest BCUT2D eigenvalue weighted by Crippen LogP contribution is -2.44. The van der Waals surface area contributed by atoms with Gasteiger partial charge in [0.15, 0.2) is 0 Å². The van der Waals surface area contributed by atoms with Crippen LogP contribution >= 0.6 is 15.9 Å². The molecule has 1 aromatic rings. The topological polar surface area (TPSA) is 18.5 Å². The van der Waals surface area contributed by atoms with Gasteiger partial charge in [-0.25, -0.2) is 4.39 Å². The van der Waals surface area contributed by atoms with Crippen molar-refractivity contribution in [2.75, 3.05) is 6.61 Å². The van der Waals surface area contributed by atoms with Crippen molar-refractivity contribution in [3.05, 3.63) is 28.5 Å². The first-order valence-corrected chi connectivity index (χ1v) is 14.4. The normalized spacial score (nSPS) is 11.8. The summed E-state index contributed by atoms with van der Waals surface area (Å²) >= 11 is 3.40. The summed E-state index contributed by atoms with van der Waals surface area (Å²) in [6, 6.07) is 6.37. The molecular weight excluding hydrogens is 435 g/mol. The van der Waals surface area contributed by atoms with Crippen molar-refractivity contribution in [2.24, 2.45) is 0 Å². The molecule has 0 bridgehead atoms. The average Bonchev–Trinajstić information content (AvgIpc) is 2.70. The van der Waals surface area contributed by atoms with E-state index in [0.717, 1.165) is 25.1 Å². The minimum Gasteiger partial charge on any atom is -0.519 e. The Morgan fingerprint density at radius 2 is 1.36 bits per heavy atom. The van der Waals surface area contributed by atoms with Crippen LogP contribution in [0.3, 0.4) is 0 Å². The number of hydrogen-bond donors (Lipinski definition) is 0. The molecule has 0 aliphatic carbocycles. The Morgan fingerprint density at radius 3 is 1.86 bits per heavy atom. The molecule has 0 radical (unpaired) electrons. The standard InChI is InChI=1S/C23H40BrFO2Si/c1-4-7-8-9-10-11-12-13-14-15-16-19-26-28(5-2,6-3)27-23-18-17-21(25)20-22(23)24/h17-18,20H,4-16,19H2,1-3H3. The van der Waals surface area contributed by atoms with Crippen molar-refractivity contribution in [3.63, 3.8) is 0 Å². The molecule has 0 aliphatic rings. The molecule has 5 heteroatoms. The van der Waals surface area contributed by atoms with Crippen molar-refractivity contribution in [1.82, 2.24) is 0 Å². The van der Waals surface area contributed by atoms with Crippen LogP contribution in [0, 0.1) is 5.82 Å². The molecule has 0 heterocycles. The summed E-state index contributed by atoms with van der Waals surface area (Å²) in [5, 5.41) is 0. The van der Waals surface area contributed by atoms with Gasteiger partial charge in [0.25, 0.3) is 0 Å². The molecule has 0 amide bonds. The SMILES string of the molecule is CCCCCCCCCCCCCO[Si](CC)(CC)Oc1ccc(F)cc1Br. The van der Waals surface area contributed by atoms with E-state index in [1.165, 1.54) is 76.3 Å². The maximum Gasteiger partial charge on any atom is 0.398 e. The fourth-order valence-corrected chi connectivity index (χ4v) is 6.34. The molecular formula is C23H40BrFO2Si. The lowest BCUT2D eigenvalue weighted by molar-refractivity contribution is 0.230. The summed E-state index contributed by atoms with van der Waals surface area (Å²) < 4.78 is 26.6. The maximum absolute atomic E-state index is 13.3. The maximum atomic E-state index is 13.3. The second kappa shape index (κ2) is 15.4.